The maximum atomic E-state index is 12.5. The Labute approximate surface area is 149 Å². The van der Waals surface area contributed by atoms with E-state index < -0.39 is 0 Å². The standard InChI is InChI=1S/C18H17ClN2O2S/c1-2-21-17(22)15-8-3-4-9-16(15)20-18(21)24-11-10-23-14-7-5-6-13(19)12-14/h3-9,12H,2,10-11H2,1H3. The minimum Gasteiger partial charge on any atom is -0.493 e. The molecule has 0 saturated heterocycles. The van der Waals surface area contributed by atoms with E-state index in [1.54, 1.807) is 10.6 Å². The van der Waals surface area contributed by atoms with Gasteiger partial charge in [0.1, 0.15) is 5.75 Å². The Balaban J connectivity index is 1.72. The Hall–Kier alpha value is -1.98. The second-order valence-corrected chi connectivity index (χ2v) is 6.61. The summed E-state index contributed by atoms with van der Waals surface area (Å²) < 4.78 is 7.38. The van der Waals surface area contributed by atoms with Crippen molar-refractivity contribution in [2.24, 2.45) is 0 Å². The highest BCUT2D eigenvalue weighted by molar-refractivity contribution is 7.99. The van der Waals surface area contributed by atoms with Gasteiger partial charge in [-0.05, 0) is 37.3 Å². The van der Waals surface area contributed by atoms with Crippen LogP contribution in [-0.2, 0) is 6.54 Å². The number of nitrogens with zero attached hydrogens (tertiary/aromatic N) is 2. The molecule has 0 atom stereocenters. The molecule has 0 bridgehead atoms. The molecule has 2 aromatic carbocycles. The number of fused-ring (bicyclic) bond motifs is 1. The summed E-state index contributed by atoms with van der Waals surface area (Å²) in [6.07, 6.45) is 0. The zero-order valence-electron chi connectivity index (χ0n) is 13.2. The molecule has 0 aliphatic heterocycles. The van der Waals surface area contributed by atoms with E-state index in [0.29, 0.717) is 29.3 Å². The highest BCUT2D eigenvalue weighted by atomic mass is 35.5. The summed E-state index contributed by atoms with van der Waals surface area (Å²) in [7, 11) is 0. The van der Waals surface area contributed by atoms with Crippen molar-refractivity contribution in [3.8, 4) is 5.75 Å². The van der Waals surface area contributed by atoms with Crippen LogP contribution < -0.4 is 10.3 Å². The number of hydrogen-bond donors (Lipinski definition) is 0. The van der Waals surface area contributed by atoms with Gasteiger partial charge in [0, 0.05) is 17.3 Å². The van der Waals surface area contributed by atoms with Gasteiger partial charge in [0.2, 0.25) is 0 Å². The van der Waals surface area contributed by atoms with Crippen molar-refractivity contribution in [1.82, 2.24) is 9.55 Å². The number of aromatic nitrogens is 2. The molecule has 0 unspecified atom stereocenters. The van der Waals surface area contributed by atoms with Crippen LogP contribution >= 0.6 is 23.4 Å². The number of benzene rings is 2. The zero-order chi connectivity index (χ0) is 16.9. The molecule has 4 nitrogen and oxygen atoms in total. The molecule has 0 aliphatic carbocycles. The highest BCUT2D eigenvalue weighted by Gasteiger charge is 2.10. The molecule has 0 aliphatic rings. The van der Waals surface area contributed by atoms with Gasteiger partial charge >= 0.3 is 0 Å². The Morgan fingerprint density at radius 3 is 2.83 bits per heavy atom. The van der Waals surface area contributed by atoms with Gasteiger partial charge in [-0.1, -0.05) is 41.6 Å². The van der Waals surface area contributed by atoms with Crippen molar-refractivity contribution in [3.63, 3.8) is 0 Å². The van der Waals surface area contributed by atoms with E-state index in [-0.39, 0.29) is 5.56 Å². The molecule has 0 spiro atoms. The van der Waals surface area contributed by atoms with Crippen LogP contribution in [0.15, 0.2) is 58.5 Å². The summed E-state index contributed by atoms with van der Waals surface area (Å²) >= 11 is 7.45. The van der Waals surface area contributed by atoms with Crippen molar-refractivity contribution in [3.05, 3.63) is 63.9 Å². The number of thioether (sulfide) groups is 1. The number of ether oxygens (including phenoxy) is 1. The average Bonchev–Trinajstić information content (AvgIpc) is 2.59. The van der Waals surface area contributed by atoms with Crippen LogP contribution in [0.3, 0.4) is 0 Å². The second kappa shape index (κ2) is 7.73. The number of halogens is 1. The number of rotatable bonds is 6. The van der Waals surface area contributed by atoms with Crippen molar-refractivity contribution in [1.29, 1.82) is 0 Å². The summed E-state index contributed by atoms with van der Waals surface area (Å²) in [6, 6.07) is 14.7. The molecule has 0 N–H and O–H groups in total. The van der Waals surface area contributed by atoms with E-state index in [1.807, 2.05) is 49.4 Å². The first-order chi connectivity index (χ1) is 11.7. The monoisotopic (exact) mass is 360 g/mol. The van der Waals surface area contributed by atoms with Gasteiger partial charge in [0.15, 0.2) is 5.16 Å². The molecule has 124 valence electrons. The third-order valence-corrected chi connectivity index (χ3v) is 4.70. The van der Waals surface area contributed by atoms with Crippen LogP contribution in [0.2, 0.25) is 5.02 Å². The van der Waals surface area contributed by atoms with Gasteiger partial charge in [-0.2, -0.15) is 0 Å². The lowest BCUT2D eigenvalue weighted by Crippen LogP contribution is -2.22. The van der Waals surface area contributed by atoms with Crippen LogP contribution in [0.4, 0.5) is 0 Å². The minimum atomic E-state index is 0.00126. The maximum Gasteiger partial charge on any atom is 0.262 e. The molecule has 0 fully saturated rings. The molecule has 3 rings (SSSR count). The molecule has 24 heavy (non-hydrogen) atoms. The van der Waals surface area contributed by atoms with Crippen LogP contribution in [0.1, 0.15) is 6.92 Å². The third kappa shape index (κ3) is 3.74. The quantitative estimate of drug-likeness (QED) is 0.374. The minimum absolute atomic E-state index is 0.00126. The number of para-hydroxylation sites is 1. The van der Waals surface area contributed by atoms with Crippen molar-refractivity contribution in [2.75, 3.05) is 12.4 Å². The van der Waals surface area contributed by atoms with E-state index in [1.165, 1.54) is 11.8 Å². The van der Waals surface area contributed by atoms with Crippen molar-refractivity contribution >= 4 is 34.3 Å². The van der Waals surface area contributed by atoms with Gasteiger partial charge in [-0.25, -0.2) is 4.98 Å². The summed E-state index contributed by atoms with van der Waals surface area (Å²) in [5.74, 6) is 1.43. The van der Waals surface area contributed by atoms with Crippen molar-refractivity contribution in [2.45, 2.75) is 18.6 Å². The lowest BCUT2D eigenvalue weighted by Gasteiger charge is -2.11. The van der Waals surface area contributed by atoms with Crippen LogP contribution in [0, 0.1) is 0 Å². The molecule has 1 aromatic heterocycles. The van der Waals surface area contributed by atoms with Gasteiger partial charge in [-0.15, -0.1) is 0 Å². The SMILES string of the molecule is CCn1c(SCCOc2cccc(Cl)c2)nc2ccccc2c1=O. The second-order valence-electron chi connectivity index (χ2n) is 5.12. The van der Waals surface area contributed by atoms with Crippen LogP contribution in [0.25, 0.3) is 10.9 Å². The van der Waals surface area contributed by atoms with E-state index in [0.717, 1.165) is 16.4 Å². The van der Waals surface area contributed by atoms with E-state index in [9.17, 15) is 4.79 Å². The molecule has 0 radical (unpaired) electrons. The number of hydrogen-bond acceptors (Lipinski definition) is 4. The normalized spacial score (nSPS) is 10.9. The van der Waals surface area contributed by atoms with Crippen LogP contribution in [-0.4, -0.2) is 21.9 Å². The van der Waals surface area contributed by atoms with Crippen LogP contribution in [0.5, 0.6) is 5.75 Å². The molecule has 1 heterocycles. The fourth-order valence-corrected chi connectivity index (χ4v) is 3.45. The fraction of sp³-hybridized carbons (Fsp3) is 0.222. The average molecular weight is 361 g/mol. The first-order valence-electron chi connectivity index (χ1n) is 7.70. The Bertz CT molecular complexity index is 911. The molecular weight excluding hydrogens is 344 g/mol. The summed E-state index contributed by atoms with van der Waals surface area (Å²) in [5, 5.41) is 2.02. The highest BCUT2D eigenvalue weighted by Crippen LogP contribution is 2.20. The van der Waals surface area contributed by atoms with Gasteiger partial charge in [-0.3, -0.25) is 9.36 Å². The van der Waals surface area contributed by atoms with Gasteiger partial charge in [0.25, 0.3) is 5.56 Å². The molecule has 0 saturated carbocycles. The van der Waals surface area contributed by atoms with Gasteiger partial charge < -0.3 is 4.74 Å². The maximum absolute atomic E-state index is 12.5. The lowest BCUT2D eigenvalue weighted by atomic mass is 10.2. The molecular formula is C18H17ClN2O2S. The topological polar surface area (TPSA) is 44.1 Å². The van der Waals surface area contributed by atoms with Crippen molar-refractivity contribution < 1.29 is 4.74 Å². The first kappa shape index (κ1) is 16.9. The molecule has 3 aromatic rings. The largest absolute Gasteiger partial charge is 0.493 e. The van der Waals surface area contributed by atoms with E-state index in [2.05, 4.69) is 4.98 Å². The first-order valence-corrected chi connectivity index (χ1v) is 9.06. The van der Waals surface area contributed by atoms with E-state index >= 15 is 0 Å². The molecule has 6 heteroatoms. The predicted molar refractivity (Wildman–Crippen MR) is 99.3 cm³/mol. The zero-order valence-corrected chi connectivity index (χ0v) is 14.8. The van der Waals surface area contributed by atoms with E-state index in [4.69, 9.17) is 16.3 Å². The fourth-order valence-electron chi connectivity index (χ4n) is 2.39. The summed E-state index contributed by atoms with van der Waals surface area (Å²) in [4.78, 5) is 17.2. The third-order valence-electron chi connectivity index (χ3n) is 3.52. The Morgan fingerprint density at radius 1 is 1.21 bits per heavy atom. The predicted octanol–water partition coefficient (Wildman–Crippen LogP) is 4.24. The summed E-state index contributed by atoms with van der Waals surface area (Å²) in [6.45, 7) is 3.05. The Morgan fingerprint density at radius 2 is 2.04 bits per heavy atom. The van der Waals surface area contributed by atoms with Gasteiger partial charge in [0.05, 0.1) is 17.5 Å². The lowest BCUT2D eigenvalue weighted by molar-refractivity contribution is 0.344. The summed E-state index contributed by atoms with van der Waals surface area (Å²) in [5.41, 5.74) is 0.729. The smallest absolute Gasteiger partial charge is 0.262 e. The molecule has 0 amide bonds. The Kier molecular flexibility index (Phi) is 5.43.